The van der Waals surface area contributed by atoms with Crippen LogP contribution in [0.1, 0.15) is 31.2 Å². The first kappa shape index (κ1) is 13.0. The van der Waals surface area contributed by atoms with Gasteiger partial charge in [0.05, 0.1) is 0 Å². The minimum Gasteiger partial charge on any atom is -0.459 e. The number of ether oxygens (including phenoxy) is 1. The van der Waals surface area contributed by atoms with Crippen molar-refractivity contribution in [3.63, 3.8) is 0 Å². The molecule has 0 aliphatic rings. The number of anilines is 1. The number of halogens is 1. The van der Waals surface area contributed by atoms with Gasteiger partial charge in [-0.3, -0.25) is 4.79 Å². The minimum absolute atomic E-state index is 0.294. The van der Waals surface area contributed by atoms with Crippen LogP contribution in [0.25, 0.3) is 0 Å². The fourth-order valence-corrected chi connectivity index (χ4v) is 1.55. The van der Waals surface area contributed by atoms with Crippen molar-refractivity contribution in [1.82, 2.24) is 0 Å². The average molecular weight is 286 g/mol. The molecule has 1 aromatic carbocycles. The van der Waals surface area contributed by atoms with E-state index >= 15 is 0 Å². The maximum atomic E-state index is 11.7. The first-order chi connectivity index (χ1) is 7.29. The topological polar surface area (TPSA) is 52.3 Å². The number of esters is 1. The van der Waals surface area contributed by atoms with Crippen LogP contribution in [0.15, 0.2) is 24.3 Å². The number of benzene rings is 1. The Morgan fingerprint density at radius 1 is 1.31 bits per heavy atom. The van der Waals surface area contributed by atoms with Gasteiger partial charge in [-0.05, 0) is 38.5 Å². The molecule has 0 amide bonds. The van der Waals surface area contributed by atoms with Gasteiger partial charge in [-0.2, -0.15) is 0 Å². The standard InChI is InChI=1S/C12H16BrNO2/c1-12(2,3)16-11(15)10(13)8-4-6-9(14)7-5-8/h4-7,10H,14H2,1-3H3. The van der Waals surface area contributed by atoms with E-state index < -0.39 is 10.4 Å². The molecular formula is C12H16BrNO2. The van der Waals surface area contributed by atoms with Gasteiger partial charge in [-0.25, -0.2) is 0 Å². The fourth-order valence-electron chi connectivity index (χ4n) is 1.15. The summed E-state index contributed by atoms with van der Waals surface area (Å²) in [5.41, 5.74) is 6.61. The molecule has 0 aromatic heterocycles. The van der Waals surface area contributed by atoms with E-state index in [4.69, 9.17) is 10.5 Å². The second-order valence-corrected chi connectivity index (χ2v) is 5.48. The Kier molecular flexibility index (Phi) is 3.97. The molecule has 16 heavy (non-hydrogen) atoms. The summed E-state index contributed by atoms with van der Waals surface area (Å²) in [5.74, 6) is -0.294. The van der Waals surface area contributed by atoms with Crippen LogP contribution >= 0.6 is 15.9 Å². The maximum Gasteiger partial charge on any atom is 0.324 e. The summed E-state index contributed by atoms with van der Waals surface area (Å²) in [7, 11) is 0. The Bertz CT molecular complexity index is 368. The van der Waals surface area contributed by atoms with E-state index in [9.17, 15) is 4.79 Å². The van der Waals surface area contributed by atoms with Gasteiger partial charge < -0.3 is 10.5 Å². The van der Waals surface area contributed by atoms with Crippen LogP contribution in [0.5, 0.6) is 0 Å². The predicted octanol–water partition coefficient (Wildman–Crippen LogP) is 3.05. The lowest BCUT2D eigenvalue weighted by atomic mass is 10.1. The van der Waals surface area contributed by atoms with E-state index in [2.05, 4.69) is 15.9 Å². The number of hydrogen-bond acceptors (Lipinski definition) is 3. The SMILES string of the molecule is CC(C)(C)OC(=O)C(Br)c1ccc(N)cc1. The van der Waals surface area contributed by atoms with Crippen LogP contribution in [0.4, 0.5) is 5.69 Å². The smallest absolute Gasteiger partial charge is 0.324 e. The molecule has 1 unspecified atom stereocenters. The van der Waals surface area contributed by atoms with Gasteiger partial charge in [-0.1, -0.05) is 28.1 Å². The quantitative estimate of drug-likeness (QED) is 0.516. The van der Waals surface area contributed by atoms with Gasteiger partial charge in [0.1, 0.15) is 10.4 Å². The van der Waals surface area contributed by atoms with Crippen molar-refractivity contribution in [3.05, 3.63) is 29.8 Å². The molecule has 0 fully saturated rings. The molecular weight excluding hydrogens is 270 g/mol. The van der Waals surface area contributed by atoms with Crippen LogP contribution in [-0.2, 0) is 9.53 Å². The highest BCUT2D eigenvalue weighted by Gasteiger charge is 2.24. The number of rotatable bonds is 2. The third kappa shape index (κ3) is 3.85. The first-order valence-corrected chi connectivity index (χ1v) is 5.93. The molecule has 1 rings (SSSR count). The molecule has 0 radical (unpaired) electrons. The summed E-state index contributed by atoms with van der Waals surface area (Å²) < 4.78 is 5.27. The molecule has 3 nitrogen and oxygen atoms in total. The van der Waals surface area contributed by atoms with Crippen molar-refractivity contribution < 1.29 is 9.53 Å². The number of nitrogens with two attached hydrogens (primary N) is 1. The van der Waals surface area contributed by atoms with Crippen LogP contribution in [0, 0.1) is 0 Å². The van der Waals surface area contributed by atoms with E-state index in [0.29, 0.717) is 5.69 Å². The summed E-state index contributed by atoms with van der Waals surface area (Å²) in [6.45, 7) is 5.52. The van der Waals surface area contributed by atoms with E-state index in [1.54, 1.807) is 24.3 Å². The Balaban J connectivity index is 2.74. The Morgan fingerprint density at radius 2 is 1.81 bits per heavy atom. The van der Waals surface area contributed by atoms with Crippen molar-refractivity contribution in [1.29, 1.82) is 0 Å². The highest BCUT2D eigenvalue weighted by atomic mass is 79.9. The van der Waals surface area contributed by atoms with Crippen molar-refractivity contribution >= 4 is 27.6 Å². The molecule has 0 aliphatic heterocycles. The molecule has 0 bridgehead atoms. The summed E-state index contributed by atoms with van der Waals surface area (Å²) in [5, 5.41) is 0. The zero-order valence-corrected chi connectivity index (χ0v) is 11.2. The van der Waals surface area contributed by atoms with Crippen molar-refractivity contribution in [2.24, 2.45) is 0 Å². The largest absolute Gasteiger partial charge is 0.459 e. The number of hydrogen-bond donors (Lipinski definition) is 1. The third-order valence-electron chi connectivity index (χ3n) is 1.84. The molecule has 0 spiro atoms. The number of nitrogen functional groups attached to an aromatic ring is 1. The fraction of sp³-hybridized carbons (Fsp3) is 0.417. The average Bonchev–Trinajstić information content (AvgIpc) is 2.15. The number of carbonyl (C=O) groups is 1. The summed E-state index contributed by atoms with van der Waals surface area (Å²) in [4.78, 5) is 11.3. The van der Waals surface area contributed by atoms with Gasteiger partial charge in [0, 0.05) is 5.69 Å². The zero-order valence-electron chi connectivity index (χ0n) is 9.66. The molecule has 0 saturated carbocycles. The molecule has 0 heterocycles. The third-order valence-corrected chi connectivity index (χ3v) is 2.75. The van der Waals surface area contributed by atoms with Crippen LogP contribution in [0.3, 0.4) is 0 Å². The minimum atomic E-state index is -0.475. The van der Waals surface area contributed by atoms with Gasteiger partial charge in [0.2, 0.25) is 0 Å². The highest BCUT2D eigenvalue weighted by molar-refractivity contribution is 9.09. The number of alkyl halides is 1. The summed E-state index contributed by atoms with van der Waals surface area (Å²) in [6, 6.07) is 7.12. The van der Waals surface area contributed by atoms with Gasteiger partial charge in [0.15, 0.2) is 0 Å². The van der Waals surface area contributed by atoms with Crippen molar-refractivity contribution in [3.8, 4) is 0 Å². The van der Waals surface area contributed by atoms with Crippen molar-refractivity contribution in [2.45, 2.75) is 31.2 Å². The first-order valence-electron chi connectivity index (χ1n) is 5.02. The summed E-state index contributed by atoms with van der Waals surface area (Å²) >= 11 is 3.31. The van der Waals surface area contributed by atoms with Gasteiger partial charge in [-0.15, -0.1) is 0 Å². The lowest BCUT2D eigenvalue weighted by Crippen LogP contribution is -2.26. The highest BCUT2D eigenvalue weighted by Crippen LogP contribution is 2.26. The van der Waals surface area contributed by atoms with E-state index in [-0.39, 0.29) is 5.97 Å². The lowest BCUT2D eigenvalue weighted by Gasteiger charge is -2.21. The normalized spacial score (nSPS) is 13.2. The Morgan fingerprint density at radius 3 is 2.25 bits per heavy atom. The maximum absolute atomic E-state index is 11.7. The molecule has 0 saturated heterocycles. The molecule has 88 valence electrons. The van der Waals surface area contributed by atoms with Gasteiger partial charge >= 0.3 is 5.97 Å². The van der Waals surface area contributed by atoms with Crippen LogP contribution in [0.2, 0.25) is 0 Å². The van der Waals surface area contributed by atoms with Gasteiger partial charge in [0.25, 0.3) is 0 Å². The summed E-state index contributed by atoms with van der Waals surface area (Å²) in [6.07, 6.45) is 0. The van der Waals surface area contributed by atoms with E-state index in [1.807, 2.05) is 20.8 Å². The van der Waals surface area contributed by atoms with E-state index in [1.165, 1.54) is 0 Å². The second-order valence-electron chi connectivity index (χ2n) is 4.56. The van der Waals surface area contributed by atoms with Crippen molar-refractivity contribution in [2.75, 3.05) is 5.73 Å². The second kappa shape index (κ2) is 4.87. The lowest BCUT2D eigenvalue weighted by molar-refractivity contribution is -0.154. The molecule has 2 N–H and O–H groups in total. The molecule has 4 heteroatoms. The Labute approximate surface area is 104 Å². The zero-order chi connectivity index (χ0) is 12.3. The predicted molar refractivity (Wildman–Crippen MR) is 68.4 cm³/mol. The Hall–Kier alpha value is -1.03. The number of carbonyl (C=O) groups excluding carboxylic acids is 1. The van der Waals surface area contributed by atoms with Crippen LogP contribution < -0.4 is 5.73 Å². The molecule has 0 aliphatic carbocycles. The monoisotopic (exact) mass is 285 g/mol. The molecule has 1 aromatic rings. The van der Waals surface area contributed by atoms with Crippen LogP contribution in [-0.4, -0.2) is 11.6 Å². The molecule has 1 atom stereocenters. The van der Waals surface area contributed by atoms with E-state index in [0.717, 1.165) is 5.56 Å².